The molecule has 2 aromatic carbocycles. The SMILES string of the molecule is COc1ccccc1NS(=O)(=O)c1cc(C(=O)N(Cc2cccnc2)C2CC2)ccc1Cl. The van der Waals surface area contributed by atoms with Crippen LogP contribution in [0.3, 0.4) is 0 Å². The first kappa shape index (κ1) is 22.1. The van der Waals surface area contributed by atoms with Gasteiger partial charge in [-0.1, -0.05) is 29.8 Å². The fourth-order valence-corrected chi connectivity index (χ4v) is 4.98. The Hall–Kier alpha value is -3.10. The summed E-state index contributed by atoms with van der Waals surface area (Å²) in [5.74, 6) is 0.123. The van der Waals surface area contributed by atoms with Gasteiger partial charge in [-0.2, -0.15) is 0 Å². The van der Waals surface area contributed by atoms with Crippen molar-refractivity contribution in [3.8, 4) is 5.75 Å². The molecule has 0 saturated heterocycles. The van der Waals surface area contributed by atoms with Gasteiger partial charge >= 0.3 is 0 Å². The molecule has 32 heavy (non-hydrogen) atoms. The molecule has 0 unspecified atom stereocenters. The monoisotopic (exact) mass is 471 g/mol. The maximum Gasteiger partial charge on any atom is 0.263 e. The number of carbonyl (C=O) groups is 1. The Bertz CT molecular complexity index is 1230. The molecule has 1 aliphatic rings. The summed E-state index contributed by atoms with van der Waals surface area (Å²) in [7, 11) is -2.61. The molecule has 0 atom stereocenters. The molecular weight excluding hydrogens is 450 g/mol. The number of nitrogens with one attached hydrogen (secondary N) is 1. The highest BCUT2D eigenvalue weighted by Crippen LogP contribution is 2.32. The predicted octanol–water partition coefficient (Wildman–Crippen LogP) is 4.35. The Morgan fingerprint density at radius 1 is 1.19 bits per heavy atom. The second-order valence-corrected chi connectivity index (χ2v) is 9.53. The van der Waals surface area contributed by atoms with Crippen LogP contribution < -0.4 is 9.46 Å². The number of aromatic nitrogens is 1. The van der Waals surface area contributed by atoms with E-state index in [1.807, 2.05) is 12.1 Å². The smallest absolute Gasteiger partial charge is 0.263 e. The summed E-state index contributed by atoms with van der Waals surface area (Å²) in [5.41, 5.74) is 1.44. The van der Waals surface area contributed by atoms with E-state index in [1.165, 1.54) is 19.2 Å². The van der Waals surface area contributed by atoms with Gasteiger partial charge in [-0.25, -0.2) is 8.42 Å². The molecule has 1 heterocycles. The van der Waals surface area contributed by atoms with Crippen molar-refractivity contribution in [3.05, 3.63) is 83.1 Å². The van der Waals surface area contributed by atoms with Crippen molar-refractivity contribution in [2.24, 2.45) is 0 Å². The third-order valence-electron chi connectivity index (χ3n) is 5.14. The molecule has 1 aromatic heterocycles. The number of para-hydroxylation sites is 2. The number of sulfonamides is 1. The lowest BCUT2D eigenvalue weighted by Crippen LogP contribution is -2.32. The molecule has 0 spiro atoms. The zero-order valence-electron chi connectivity index (χ0n) is 17.4. The van der Waals surface area contributed by atoms with Crippen LogP contribution in [0.1, 0.15) is 28.8 Å². The number of hydrogen-bond donors (Lipinski definition) is 1. The van der Waals surface area contributed by atoms with Crippen molar-refractivity contribution in [3.63, 3.8) is 0 Å². The number of nitrogens with zero attached hydrogens (tertiary/aromatic N) is 2. The third kappa shape index (κ3) is 4.87. The fourth-order valence-electron chi connectivity index (χ4n) is 3.38. The summed E-state index contributed by atoms with van der Waals surface area (Å²) in [5, 5.41) is 0.0224. The average molecular weight is 472 g/mol. The third-order valence-corrected chi connectivity index (χ3v) is 6.99. The molecule has 1 amide bonds. The number of ether oxygens (including phenoxy) is 1. The second-order valence-electron chi connectivity index (χ2n) is 7.48. The van der Waals surface area contributed by atoms with Crippen molar-refractivity contribution < 1.29 is 17.9 Å². The van der Waals surface area contributed by atoms with Crippen LogP contribution >= 0.6 is 11.6 Å². The van der Waals surface area contributed by atoms with Gasteiger partial charge in [0.15, 0.2) is 0 Å². The number of hydrogen-bond acceptors (Lipinski definition) is 5. The molecule has 4 rings (SSSR count). The number of benzene rings is 2. The van der Waals surface area contributed by atoms with Crippen LogP contribution in [-0.2, 0) is 16.6 Å². The summed E-state index contributed by atoms with van der Waals surface area (Å²) in [4.78, 5) is 19.0. The predicted molar refractivity (Wildman–Crippen MR) is 122 cm³/mol. The maximum absolute atomic E-state index is 13.3. The van der Waals surface area contributed by atoms with Gasteiger partial charge in [0.25, 0.3) is 15.9 Å². The summed E-state index contributed by atoms with van der Waals surface area (Å²) in [6.07, 6.45) is 5.23. The van der Waals surface area contributed by atoms with E-state index in [1.54, 1.807) is 47.6 Å². The average Bonchev–Trinajstić information content (AvgIpc) is 3.63. The van der Waals surface area contributed by atoms with Gasteiger partial charge in [-0.05, 0) is 54.8 Å². The first-order valence-corrected chi connectivity index (χ1v) is 11.9. The zero-order chi connectivity index (χ0) is 22.7. The molecular formula is C23H22ClN3O4S. The minimum atomic E-state index is -4.06. The number of anilines is 1. The highest BCUT2D eigenvalue weighted by atomic mass is 35.5. The van der Waals surface area contributed by atoms with Gasteiger partial charge in [-0.15, -0.1) is 0 Å². The van der Waals surface area contributed by atoms with Crippen LogP contribution in [-0.4, -0.2) is 37.4 Å². The fraction of sp³-hybridized carbons (Fsp3) is 0.217. The van der Waals surface area contributed by atoms with Gasteiger partial charge < -0.3 is 9.64 Å². The normalized spacial score (nSPS) is 13.4. The van der Waals surface area contributed by atoms with E-state index in [-0.39, 0.29) is 33.1 Å². The van der Waals surface area contributed by atoms with Crippen LogP contribution in [0.2, 0.25) is 5.02 Å². The number of amides is 1. The van der Waals surface area contributed by atoms with Crippen molar-refractivity contribution in [2.45, 2.75) is 30.3 Å². The lowest BCUT2D eigenvalue weighted by molar-refractivity contribution is 0.0729. The van der Waals surface area contributed by atoms with Crippen molar-refractivity contribution in [2.75, 3.05) is 11.8 Å². The van der Waals surface area contributed by atoms with E-state index in [4.69, 9.17) is 16.3 Å². The van der Waals surface area contributed by atoms with Crippen LogP contribution in [0.5, 0.6) is 5.75 Å². The molecule has 0 radical (unpaired) electrons. The van der Waals surface area contributed by atoms with Crippen LogP contribution in [0.25, 0.3) is 0 Å². The van der Waals surface area contributed by atoms with Gasteiger partial charge in [0, 0.05) is 30.5 Å². The van der Waals surface area contributed by atoms with Crippen molar-refractivity contribution in [1.82, 2.24) is 9.88 Å². The van der Waals surface area contributed by atoms with Gasteiger partial charge in [-0.3, -0.25) is 14.5 Å². The second kappa shape index (κ2) is 9.18. The summed E-state index contributed by atoms with van der Waals surface area (Å²) >= 11 is 6.23. The Balaban J connectivity index is 1.63. The molecule has 9 heteroatoms. The first-order valence-electron chi connectivity index (χ1n) is 10.0. The summed E-state index contributed by atoms with van der Waals surface area (Å²) < 4.78 is 33.9. The lowest BCUT2D eigenvalue weighted by atomic mass is 10.1. The minimum absolute atomic E-state index is 0.0224. The van der Waals surface area contributed by atoms with E-state index in [0.717, 1.165) is 18.4 Å². The Morgan fingerprint density at radius 3 is 2.66 bits per heavy atom. The topological polar surface area (TPSA) is 88.6 Å². The van der Waals surface area contributed by atoms with Gasteiger partial charge in [0.05, 0.1) is 17.8 Å². The van der Waals surface area contributed by atoms with Crippen molar-refractivity contribution >= 4 is 33.2 Å². The molecule has 1 aliphatic carbocycles. The van der Waals surface area contributed by atoms with Crippen LogP contribution in [0.4, 0.5) is 5.69 Å². The lowest BCUT2D eigenvalue weighted by Gasteiger charge is -2.23. The van der Waals surface area contributed by atoms with Crippen LogP contribution in [0, 0.1) is 0 Å². The molecule has 166 valence electrons. The first-order chi connectivity index (χ1) is 15.4. The molecule has 1 saturated carbocycles. The quantitative estimate of drug-likeness (QED) is 0.527. The molecule has 0 bridgehead atoms. The largest absolute Gasteiger partial charge is 0.495 e. The Morgan fingerprint density at radius 2 is 1.97 bits per heavy atom. The minimum Gasteiger partial charge on any atom is -0.495 e. The molecule has 1 N–H and O–H groups in total. The van der Waals surface area contributed by atoms with Gasteiger partial charge in [0.2, 0.25) is 0 Å². The number of pyridine rings is 1. The van der Waals surface area contributed by atoms with Crippen molar-refractivity contribution in [1.29, 1.82) is 0 Å². The molecule has 3 aromatic rings. The highest BCUT2D eigenvalue weighted by molar-refractivity contribution is 7.92. The highest BCUT2D eigenvalue weighted by Gasteiger charge is 2.34. The van der Waals surface area contributed by atoms with E-state index < -0.39 is 10.0 Å². The van der Waals surface area contributed by atoms with E-state index in [2.05, 4.69) is 9.71 Å². The number of methoxy groups -OCH3 is 1. The van der Waals surface area contributed by atoms with Gasteiger partial charge in [0.1, 0.15) is 10.6 Å². The molecule has 7 nitrogen and oxygen atoms in total. The maximum atomic E-state index is 13.3. The molecule has 0 aliphatic heterocycles. The van der Waals surface area contributed by atoms with E-state index >= 15 is 0 Å². The summed E-state index contributed by atoms with van der Waals surface area (Å²) in [6, 6.07) is 14.8. The summed E-state index contributed by atoms with van der Waals surface area (Å²) in [6.45, 7) is 0.404. The van der Waals surface area contributed by atoms with Crippen LogP contribution in [0.15, 0.2) is 71.9 Å². The van der Waals surface area contributed by atoms with E-state index in [9.17, 15) is 13.2 Å². The number of halogens is 1. The Labute approximate surface area is 192 Å². The standard InChI is InChI=1S/C23H22ClN3O4S/c1-31-21-7-3-2-6-20(21)26-32(29,30)22-13-17(8-11-19(22)24)23(28)27(18-9-10-18)15-16-5-4-12-25-14-16/h2-8,11-14,18,26H,9-10,15H2,1H3. The zero-order valence-corrected chi connectivity index (χ0v) is 18.9. The number of carbonyl (C=O) groups excluding carboxylic acids is 1. The van der Waals surface area contributed by atoms with E-state index in [0.29, 0.717) is 12.3 Å². The Kier molecular flexibility index (Phi) is 6.34. The molecule has 1 fully saturated rings. The number of rotatable bonds is 8.